The van der Waals surface area contributed by atoms with Gasteiger partial charge in [0.05, 0.1) is 13.3 Å². The molecule has 0 heterocycles. The molecule has 0 unspecified atom stereocenters. The van der Waals surface area contributed by atoms with Crippen molar-refractivity contribution >= 4 is 0 Å². The van der Waals surface area contributed by atoms with E-state index in [2.05, 4.69) is 0 Å². The molecule has 0 fully saturated rings. The lowest BCUT2D eigenvalue weighted by Crippen LogP contribution is -1.99. The second kappa shape index (κ2) is 4.75. The van der Waals surface area contributed by atoms with Crippen LogP contribution in [0.5, 0.6) is 5.75 Å². The minimum atomic E-state index is -0.314. The molecule has 0 atom stereocenters. The highest BCUT2D eigenvalue weighted by atomic mass is 19.1. The average Bonchev–Trinajstić information content (AvgIpc) is 2.09. The largest absolute Gasteiger partial charge is 0.493 e. The molecule has 0 radical (unpaired) electrons. The maximum atomic E-state index is 11.7. The summed E-state index contributed by atoms with van der Waals surface area (Å²) in [6.45, 7) is 2.12. The van der Waals surface area contributed by atoms with Crippen molar-refractivity contribution < 1.29 is 9.13 Å². The van der Waals surface area contributed by atoms with Crippen LogP contribution in [0.15, 0.2) is 24.3 Å². The first-order valence-corrected chi connectivity index (χ1v) is 4.09. The maximum absolute atomic E-state index is 11.7. The monoisotopic (exact) mass is 168 g/mol. The van der Waals surface area contributed by atoms with Crippen molar-refractivity contribution in [3.05, 3.63) is 29.8 Å². The summed E-state index contributed by atoms with van der Waals surface area (Å²) >= 11 is 0. The lowest BCUT2D eigenvalue weighted by molar-refractivity contribution is 0.288. The number of aryl methyl sites for hydroxylation is 1. The van der Waals surface area contributed by atoms with Gasteiger partial charge in [-0.15, -0.1) is 0 Å². The third kappa shape index (κ3) is 2.53. The van der Waals surface area contributed by atoms with Gasteiger partial charge in [-0.05, 0) is 18.6 Å². The minimum absolute atomic E-state index is 0.314. The van der Waals surface area contributed by atoms with Crippen molar-refractivity contribution in [2.75, 3.05) is 13.3 Å². The smallest absolute Gasteiger partial charge is 0.122 e. The van der Waals surface area contributed by atoms with Crippen LogP contribution < -0.4 is 4.74 Å². The molecule has 0 amide bonds. The van der Waals surface area contributed by atoms with E-state index in [-0.39, 0.29) is 6.67 Å². The maximum Gasteiger partial charge on any atom is 0.122 e. The van der Waals surface area contributed by atoms with Crippen molar-refractivity contribution in [3.63, 3.8) is 0 Å². The molecule has 0 aliphatic heterocycles. The molecule has 1 aromatic rings. The number of alkyl halides is 1. The molecule has 1 nitrogen and oxygen atoms in total. The molecule has 0 saturated heterocycles. The second-order valence-electron chi connectivity index (χ2n) is 2.66. The zero-order valence-electron chi connectivity index (χ0n) is 7.22. The van der Waals surface area contributed by atoms with Crippen LogP contribution in [0.4, 0.5) is 4.39 Å². The number of rotatable bonds is 4. The Hall–Kier alpha value is -1.05. The summed E-state index contributed by atoms with van der Waals surface area (Å²) in [5.74, 6) is 0.853. The number of para-hydroxylation sites is 1. The van der Waals surface area contributed by atoms with Crippen LogP contribution in [0.25, 0.3) is 0 Å². The molecule has 2 heteroatoms. The summed E-state index contributed by atoms with van der Waals surface area (Å²) in [6.07, 6.45) is 0.467. The van der Waals surface area contributed by atoms with E-state index in [1.54, 1.807) is 0 Å². The molecular formula is C10H13FO. The first-order valence-electron chi connectivity index (χ1n) is 4.09. The first kappa shape index (κ1) is 9.04. The Morgan fingerprint density at radius 3 is 2.75 bits per heavy atom. The van der Waals surface area contributed by atoms with Gasteiger partial charge in [0.25, 0.3) is 0 Å². The zero-order chi connectivity index (χ0) is 8.81. The van der Waals surface area contributed by atoms with Crippen LogP contribution in [0.3, 0.4) is 0 Å². The highest BCUT2D eigenvalue weighted by Gasteiger charge is 1.95. The topological polar surface area (TPSA) is 9.23 Å². The molecule has 0 saturated carbocycles. The summed E-state index contributed by atoms with van der Waals surface area (Å²) in [5.41, 5.74) is 1.09. The predicted octanol–water partition coefficient (Wildman–Crippen LogP) is 2.73. The van der Waals surface area contributed by atoms with E-state index in [9.17, 15) is 4.39 Å². The fourth-order valence-electron chi connectivity index (χ4n) is 0.955. The van der Waals surface area contributed by atoms with Crippen LogP contribution in [0.2, 0.25) is 0 Å². The van der Waals surface area contributed by atoms with E-state index in [0.717, 1.165) is 11.3 Å². The lowest BCUT2D eigenvalue weighted by atomic mass is 10.2. The van der Waals surface area contributed by atoms with Gasteiger partial charge in [-0.2, -0.15) is 0 Å². The zero-order valence-corrected chi connectivity index (χ0v) is 7.22. The van der Waals surface area contributed by atoms with Crippen LogP contribution in [0, 0.1) is 6.92 Å². The van der Waals surface area contributed by atoms with Gasteiger partial charge in [-0.1, -0.05) is 18.2 Å². The van der Waals surface area contributed by atoms with Gasteiger partial charge >= 0.3 is 0 Å². The van der Waals surface area contributed by atoms with Gasteiger partial charge in [0.1, 0.15) is 5.75 Å². The Kier molecular flexibility index (Phi) is 3.58. The summed E-state index contributed by atoms with van der Waals surface area (Å²) in [5, 5.41) is 0. The normalized spacial score (nSPS) is 9.83. The van der Waals surface area contributed by atoms with E-state index in [0.29, 0.717) is 13.0 Å². The number of halogens is 1. The van der Waals surface area contributed by atoms with Gasteiger partial charge in [0.15, 0.2) is 0 Å². The number of hydrogen-bond acceptors (Lipinski definition) is 1. The van der Waals surface area contributed by atoms with Gasteiger partial charge < -0.3 is 4.74 Å². The van der Waals surface area contributed by atoms with E-state index in [4.69, 9.17) is 4.74 Å². The highest BCUT2D eigenvalue weighted by Crippen LogP contribution is 2.15. The quantitative estimate of drug-likeness (QED) is 0.628. The molecule has 0 spiro atoms. The molecular weight excluding hydrogens is 155 g/mol. The Morgan fingerprint density at radius 1 is 1.33 bits per heavy atom. The molecule has 1 rings (SSSR count). The third-order valence-electron chi connectivity index (χ3n) is 1.63. The van der Waals surface area contributed by atoms with Crippen molar-refractivity contribution in [1.29, 1.82) is 0 Å². The van der Waals surface area contributed by atoms with Gasteiger partial charge in [0, 0.05) is 6.42 Å². The fourth-order valence-corrected chi connectivity index (χ4v) is 0.955. The van der Waals surface area contributed by atoms with Gasteiger partial charge in [0.2, 0.25) is 0 Å². The SMILES string of the molecule is Cc1ccccc1OCCCF. The first-order chi connectivity index (χ1) is 5.84. The Balaban J connectivity index is 2.46. The predicted molar refractivity (Wildman–Crippen MR) is 47.3 cm³/mol. The van der Waals surface area contributed by atoms with Crippen LogP contribution in [0.1, 0.15) is 12.0 Å². The molecule has 12 heavy (non-hydrogen) atoms. The van der Waals surface area contributed by atoms with E-state index < -0.39 is 0 Å². The van der Waals surface area contributed by atoms with Crippen molar-refractivity contribution in [2.45, 2.75) is 13.3 Å². The van der Waals surface area contributed by atoms with E-state index >= 15 is 0 Å². The second-order valence-corrected chi connectivity index (χ2v) is 2.66. The molecule has 0 aromatic heterocycles. The van der Waals surface area contributed by atoms with Crippen molar-refractivity contribution in [3.8, 4) is 5.75 Å². The summed E-state index contributed by atoms with van der Waals surface area (Å²) in [7, 11) is 0. The highest BCUT2D eigenvalue weighted by molar-refractivity contribution is 5.31. The van der Waals surface area contributed by atoms with Crippen molar-refractivity contribution in [1.82, 2.24) is 0 Å². The Bertz CT molecular complexity index is 235. The number of ether oxygens (including phenoxy) is 1. The van der Waals surface area contributed by atoms with Gasteiger partial charge in [-0.3, -0.25) is 4.39 Å². The molecule has 66 valence electrons. The van der Waals surface area contributed by atoms with Crippen LogP contribution >= 0.6 is 0 Å². The minimum Gasteiger partial charge on any atom is -0.493 e. The standard InChI is InChI=1S/C10H13FO/c1-9-5-2-3-6-10(9)12-8-4-7-11/h2-3,5-6H,4,7-8H2,1H3. The molecule has 0 aliphatic carbocycles. The van der Waals surface area contributed by atoms with E-state index in [1.807, 2.05) is 31.2 Å². The van der Waals surface area contributed by atoms with Crippen molar-refractivity contribution in [2.24, 2.45) is 0 Å². The molecule has 0 aliphatic rings. The summed E-state index contributed by atoms with van der Waals surface area (Å²) < 4.78 is 17.1. The lowest BCUT2D eigenvalue weighted by Gasteiger charge is -2.06. The fraction of sp³-hybridized carbons (Fsp3) is 0.400. The van der Waals surface area contributed by atoms with Gasteiger partial charge in [-0.25, -0.2) is 0 Å². The third-order valence-corrected chi connectivity index (χ3v) is 1.63. The molecule has 0 N–H and O–H groups in total. The number of benzene rings is 1. The Labute approximate surface area is 72.2 Å². The van der Waals surface area contributed by atoms with Crippen LogP contribution in [-0.4, -0.2) is 13.3 Å². The number of hydrogen-bond donors (Lipinski definition) is 0. The average molecular weight is 168 g/mol. The Morgan fingerprint density at radius 2 is 2.08 bits per heavy atom. The summed E-state index contributed by atoms with van der Waals surface area (Å²) in [4.78, 5) is 0. The summed E-state index contributed by atoms with van der Waals surface area (Å²) in [6, 6.07) is 7.74. The van der Waals surface area contributed by atoms with E-state index in [1.165, 1.54) is 0 Å². The molecule has 1 aromatic carbocycles. The molecule has 0 bridgehead atoms. The van der Waals surface area contributed by atoms with Crippen LogP contribution in [-0.2, 0) is 0 Å².